The molecule has 1 aliphatic rings. The molecule has 1 heterocycles. The van der Waals surface area contributed by atoms with Crippen molar-refractivity contribution in [3.8, 4) is 0 Å². The van der Waals surface area contributed by atoms with Crippen molar-refractivity contribution >= 4 is 28.1 Å². The van der Waals surface area contributed by atoms with Gasteiger partial charge in [0, 0.05) is 5.38 Å². The smallest absolute Gasteiger partial charge is 0.362 e. The second-order valence-electron chi connectivity index (χ2n) is 5.22. The fourth-order valence-electron chi connectivity index (χ4n) is 2.25. The van der Waals surface area contributed by atoms with Crippen molar-refractivity contribution in [2.75, 3.05) is 12.3 Å². The van der Waals surface area contributed by atoms with Crippen LogP contribution in [-0.4, -0.2) is 29.4 Å². The van der Waals surface area contributed by atoms with E-state index in [0.29, 0.717) is 10.8 Å². The highest BCUT2D eigenvalue weighted by molar-refractivity contribution is 7.13. The van der Waals surface area contributed by atoms with Gasteiger partial charge in [-0.25, -0.2) is 9.78 Å². The van der Waals surface area contributed by atoms with Gasteiger partial charge in [-0.15, -0.1) is 11.3 Å². The molecule has 2 rings (SSSR count). The number of oxime groups is 1. The quantitative estimate of drug-likeness (QED) is 0.513. The molecule has 0 unspecified atom stereocenters. The average Bonchev–Trinajstić information content (AvgIpc) is 2.88. The Morgan fingerprint density at radius 1 is 1.48 bits per heavy atom. The van der Waals surface area contributed by atoms with Crippen LogP contribution in [0.25, 0.3) is 0 Å². The molecule has 7 heteroatoms. The Hall–Kier alpha value is -1.63. The standard InChI is InChI=1S/C14H21N3O3S/c1-3-19-13(18)12(11-8-21-14(15)16-11)17-20-10-6-4-9(2)5-7-10/h8-10H,3-7H2,1-2H3,(H2,15,16). The molecule has 1 fully saturated rings. The zero-order valence-electron chi connectivity index (χ0n) is 12.4. The number of nitrogens with two attached hydrogens (primary N) is 1. The fourth-order valence-corrected chi connectivity index (χ4v) is 2.79. The molecule has 6 nitrogen and oxygen atoms in total. The Labute approximate surface area is 128 Å². The number of hydrogen-bond acceptors (Lipinski definition) is 7. The monoisotopic (exact) mass is 311 g/mol. The minimum absolute atomic E-state index is 0.0570. The fraction of sp³-hybridized carbons (Fsp3) is 0.643. The molecule has 1 aromatic heterocycles. The van der Waals surface area contributed by atoms with Gasteiger partial charge in [-0.05, 0) is 38.5 Å². The van der Waals surface area contributed by atoms with E-state index in [1.165, 1.54) is 11.3 Å². The molecule has 21 heavy (non-hydrogen) atoms. The minimum atomic E-state index is -0.535. The molecule has 0 spiro atoms. The molecule has 0 saturated heterocycles. The third-order valence-corrected chi connectivity index (χ3v) is 4.16. The van der Waals surface area contributed by atoms with Gasteiger partial charge in [-0.1, -0.05) is 12.1 Å². The van der Waals surface area contributed by atoms with E-state index in [4.69, 9.17) is 15.3 Å². The van der Waals surface area contributed by atoms with E-state index >= 15 is 0 Å². The van der Waals surface area contributed by atoms with Crippen LogP contribution in [0.4, 0.5) is 5.13 Å². The van der Waals surface area contributed by atoms with Gasteiger partial charge in [0.2, 0.25) is 5.71 Å². The molecule has 0 aromatic carbocycles. The first-order valence-electron chi connectivity index (χ1n) is 7.22. The van der Waals surface area contributed by atoms with Crippen LogP contribution < -0.4 is 5.73 Å². The topological polar surface area (TPSA) is 86.8 Å². The van der Waals surface area contributed by atoms with Crippen LogP contribution in [0.5, 0.6) is 0 Å². The maximum atomic E-state index is 12.0. The summed E-state index contributed by atoms with van der Waals surface area (Å²) in [7, 11) is 0. The van der Waals surface area contributed by atoms with E-state index in [1.807, 2.05) is 0 Å². The lowest BCUT2D eigenvalue weighted by molar-refractivity contribution is -0.135. The first-order chi connectivity index (χ1) is 10.1. The summed E-state index contributed by atoms with van der Waals surface area (Å²) in [5.74, 6) is 0.198. The number of carbonyl (C=O) groups excluding carboxylic acids is 1. The van der Waals surface area contributed by atoms with Gasteiger partial charge in [-0.3, -0.25) is 0 Å². The number of thiazole rings is 1. The van der Waals surface area contributed by atoms with E-state index in [0.717, 1.165) is 31.6 Å². The highest BCUT2D eigenvalue weighted by Crippen LogP contribution is 2.26. The van der Waals surface area contributed by atoms with Gasteiger partial charge >= 0.3 is 5.97 Å². The van der Waals surface area contributed by atoms with E-state index in [9.17, 15) is 4.79 Å². The molecular weight excluding hydrogens is 290 g/mol. The Kier molecular flexibility index (Phi) is 5.55. The number of nitrogen functional groups attached to an aromatic ring is 1. The molecule has 2 N–H and O–H groups in total. The van der Waals surface area contributed by atoms with E-state index in [-0.39, 0.29) is 18.4 Å². The summed E-state index contributed by atoms with van der Waals surface area (Å²) in [6, 6.07) is 0. The Morgan fingerprint density at radius 3 is 2.76 bits per heavy atom. The van der Waals surface area contributed by atoms with Crippen molar-refractivity contribution < 1.29 is 14.4 Å². The average molecular weight is 311 g/mol. The second kappa shape index (κ2) is 7.40. The van der Waals surface area contributed by atoms with Crippen molar-refractivity contribution in [3.05, 3.63) is 11.1 Å². The summed E-state index contributed by atoms with van der Waals surface area (Å²) in [4.78, 5) is 21.6. The van der Waals surface area contributed by atoms with Crippen LogP contribution in [0.15, 0.2) is 10.5 Å². The zero-order chi connectivity index (χ0) is 15.2. The summed E-state index contributed by atoms with van der Waals surface area (Å²) < 4.78 is 5.00. The van der Waals surface area contributed by atoms with Gasteiger partial charge < -0.3 is 15.3 Å². The maximum absolute atomic E-state index is 12.0. The number of carbonyl (C=O) groups is 1. The molecule has 116 valence electrons. The lowest BCUT2D eigenvalue weighted by Crippen LogP contribution is -2.23. The number of rotatable bonds is 5. The third-order valence-electron chi connectivity index (χ3n) is 3.49. The Bertz CT molecular complexity index is 507. The molecule has 0 radical (unpaired) electrons. The number of esters is 1. The number of ether oxygens (including phenoxy) is 1. The summed E-state index contributed by atoms with van der Waals surface area (Å²) in [5, 5.41) is 6.07. The van der Waals surface area contributed by atoms with Crippen LogP contribution in [0.3, 0.4) is 0 Å². The van der Waals surface area contributed by atoms with Crippen molar-refractivity contribution in [3.63, 3.8) is 0 Å². The highest BCUT2D eigenvalue weighted by Gasteiger charge is 2.23. The normalized spacial score (nSPS) is 22.9. The van der Waals surface area contributed by atoms with Crippen molar-refractivity contribution in [2.45, 2.75) is 45.6 Å². The van der Waals surface area contributed by atoms with Crippen LogP contribution in [0, 0.1) is 5.92 Å². The predicted molar refractivity (Wildman–Crippen MR) is 82.2 cm³/mol. The van der Waals surface area contributed by atoms with Crippen LogP contribution >= 0.6 is 11.3 Å². The number of aromatic nitrogens is 1. The van der Waals surface area contributed by atoms with Crippen molar-refractivity contribution in [1.82, 2.24) is 4.98 Å². The molecule has 1 aromatic rings. The van der Waals surface area contributed by atoms with E-state index in [2.05, 4.69) is 17.1 Å². The zero-order valence-corrected chi connectivity index (χ0v) is 13.2. The largest absolute Gasteiger partial charge is 0.461 e. The van der Waals surface area contributed by atoms with Crippen LogP contribution in [0.1, 0.15) is 45.2 Å². The summed E-state index contributed by atoms with van der Waals surface area (Å²) >= 11 is 1.25. The molecule has 0 bridgehead atoms. The van der Waals surface area contributed by atoms with Crippen LogP contribution in [0.2, 0.25) is 0 Å². The van der Waals surface area contributed by atoms with Crippen molar-refractivity contribution in [1.29, 1.82) is 0 Å². The van der Waals surface area contributed by atoms with E-state index in [1.54, 1.807) is 12.3 Å². The number of hydrogen-bond donors (Lipinski definition) is 1. The lowest BCUT2D eigenvalue weighted by atomic mass is 9.89. The first-order valence-corrected chi connectivity index (χ1v) is 8.10. The Balaban J connectivity index is 2.07. The van der Waals surface area contributed by atoms with E-state index < -0.39 is 5.97 Å². The predicted octanol–water partition coefficient (Wildman–Crippen LogP) is 2.59. The summed E-state index contributed by atoms with van der Waals surface area (Å²) in [6.45, 7) is 4.26. The lowest BCUT2D eigenvalue weighted by Gasteiger charge is -2.24. The second-order valence-corrected chi connectivity index (χ2v) is 6.11. The highest BCUT2D eigenvalue weighted by atomic mass is 32.1. The van der Waals surface area contributed by atoms with Gasteiger partial charge in [0.1, 0.15) is 11.8 Å². The molecule has 0 atom stereocenters. The molecule has 1 aliphatic carbocycles. The van der Waals surface area contributed by atoms with Gasteiger partial charge in [0.25, 0.3) is 0 Å². The molecule has 0 amide bonds. The van der Waals surface area contributed by atoms with Gasteiger partial charge in [0.15, 0.2) is 5.13 Å². The maximum Gasteiger partial charge on any atom is 0.362 e. The third kappa shape index (κ3) is 4.42. The number of anilines is 1. The summed E-state index contributed by atoms with van der Waals surface area (Å²) in [5.41, 5.74) is 6.09. The van der Waals surface area contributed by atoms with Gasteiger partial charge in [-0.2, -0.15) is 0 Å². The van der Waals surface area contributed by atoms with Gasteiger partial charge in [0.05, 0.1) is 6.61 Å². The minimum Gasteiger partial charge on any atom is -0.461 e. The van der Waals surface area contributed by atoms with Crippen molar-refractivity contribution in [2.24, 2.45) is 11.1 Å². The molecule has 1 saturated carbocycles. The first kappa shape index (κ1) is 15.8. The molecule has 0 aliphatic heterocycles. The summed E-state index contributed by atoms with van der Waals surface area (Å²) in [6.07, 6.45) is 4.22. The van der Waals surface area contributed by atoms with Crippen LogP contribution in [-0.2, 0) is 14.4 Å². The SMILES string of the molecule is CCOC(=O)C(=NOC1CCC(C)CC1)c1csc(N)n1. The number of nitrogens with zero attached hydrogens (tertiary/aromatic N) is 2. The molecular formula is C14H21N3O3S. The Morgan fingerprint density at radius 2 is 2.19 bits per heavy atom.